The molecule has 0 aliphatic carbocycles. The number of nitrogens with zero attached hydrogens (tertiary/aromatic N) is 3. The van der Waals surface area contributed by atoms with Crippen LogP contribution in [0.5, 0.6) is 0 Å². The average Bonchev–Trinajstić information content (AvgIpc) is 2.87. The first-order valence-electron chi connectivity index (χ1n) is 6.44. The quantitative estimate of drug-likeness (QED) is 0.452. The maximum absolute atomic E-state index is 9.27. The van der Waals surface area contributed by atoms with Crippen LogP contribution >= 0.6 is 34.2 Å². The maximum atomic E-state index is 9.27. The minimum absolute atomic E-state index is 0.250. The van der Waals surface area contributed by atoms with Crippen LogP contribution < -0.4 is 0 Å². The van der Waals surface area contributed by atoms with E-state index in [4.69, 9.17) is 11.6 Å². The molecule has 3 nitrogen and oxygen atoms in total. The summed E-state index contributed by atoms with van der Waals surface area (Å²) in [4.78, 5) is 4.61. The number of alkyl halides is 1. The van der Waals surface area contributed by atoms with E-state index in [9.17, 15) is 5.26 Å². The Kier molecular flexibility index (Phi) is 3.87. The van der Waals surface area contributed by atoms with Crippen LogP contribution in [0.15, 0.2) is 42.5 Å². The van der Waals surface area contributed by atoms with Crippen LogP contribution in [0.3, 0.4) is 0 Å². The Bertz CT molecular complexity index is 862. The summed E-state index contributed by atoms with van der Waals surface area (Å²) >= 11 is 8.60. The van der Waals surface area contributed by atoms with Gasteiger partial charge in [0.25, 0.3) is 0 Å². The van der Waals surface area contributed by atoms with Crippen molar-refractivity contribution in [2.24, 2.45) is 0 Å². The van der Waals surface area contributed by atoms with Gasteiger partial charge in [-0.1, -0.05) is 18.2 Å². The topological polar surface area (TPSA) is 41.6 Å². The Morgan fingerprint density at radius 3 is 2.67 bits per heavy atom. The number of benzene rings is 2. The van der Waals surface area contributed by atoms with Crippen LogP contribution in [-0.4, -0.2) is 9.55 Å². The van der Waals surface area contributed by atoms with Crippen LogP contribution in [-0.2, 0) is 0 Å². The molecule has 0 N–H and O–H groups in total. The lowest BCUT2D eigenvalue weighted by Crippen LogP contribution is -2.03. The average molecular weight is 408 g/mol. The van der Waals surface area contributed by atoms with Crippen LogP contribution in [0.4, 0.5) is 0 Å². The van der Waals surface area contributed by atoms with Gasteiger partial charge in [-0.3, -0.25) is 4.57 Å². The van der Waals surface area contributed by atoms with E-state index in [1.807, 2.05) is 47.9 Å². The highest BCUT2D eigenvalue weighted by Gasteiger charge is 2.19. The summed E-state index contributed by atoms with van der Waals surface area (Å²) in [7, 11) is 0. The van der Waals surface area contributed by atoms with Gasteiger partial charge in [-0.2, -0.15) is 5.26 Å². The van der Waals surface area contributed by atoms with E-state index < -0.39 is 0 Å². The van der Waals surface area contributed by atoms with Gasteiger partial charge < -0.3 is 0 Å². The highest BCUT2D eigenvalue weighted by Crippen LogP contribution is 2.31. The number of fused-ring (bicyclic) bond motifs is 1. The number of nitriles is 1. The van der Waals surface area contributed by atoms with E-state index in [1.165, 1.54) is 0 Å². The van der Waals surface area contributed by atoms with Crippen LogP contribution in [0.25, 0.3) is 16.7 Å². The lowest BCUT2D eigenvalue weighted by Gasteiger charge is -2.12. The summed E-state index contributed by atoms with van der Waals surface area (Å²) in [6, 6.07) is 15.9. The molecule has 3 rings (SSSR count). The van der Waals surface area contributed by atoms with E-state index in [0.29, 0.717) is 11.1 Å². The van der Waals surface area contributed by atoms with Crippen molar-refractivity contribution in [1.29, 1.82) is 5.26 Å². The number of para-hydroxylation sites is 2. The number of rotatable bonds is 2. The second kappa shape index (κ2) is 5.66. The molecular weight excluding hydrogens is 397 g/mol. The first kappa shape index (κ1) is 14.4. The third-order valence-electron chi connectivity index (χ3n) is 3.28. The normalized spacial score (nSPS) is 12.3. The number of hydrogen-bond donors (Lipinski definition) is 0. The number of imidazole rings is 1. The molecule has 0 radical (unpaired) electrons. The zero-order chi connectivity index (χ0) is 15.0. The van der Waals surface area contributed by atoms with Crippen molar-refractivity contribution in [2.75, 3.05) is 0 Å². The van der Waals surface area contributed by atoms with Crippen molar-refractivity contribution in [3.05, 3.63) is 57.4 Å². The van der Waals surface area contributed by atoms with Gasteiger partial charge in [0.15, 0.2) is 0 Å². The Morgan fingerprint density at radius 2 is 2.00 bits per heavy atom. The van der Waals surface area contributed by atoms with Crippen molar-refractivity contribution in [3.63, 3.8) is 0 Å². The first-order chi connectivity index (χ1) is 10.1. The molecule has 0 aliphatic heterocycles. The fourth-order valence-electron chi connectivity index (χ4n) is 2.36. The Labute approximate surface area is 141 Å². The predicted octanol–water partition coefficient (Wildman–Crippen LogP) is 4.80. The lowest BCUT2D eigenvalue weighted by molar-refractivity contribution is 0.880. The summed E-state index contributed by atoms with van der Waals surface area (Å²) < 4.78 is 3.14. The molecular formula is C16H11ClIN3. The van der Waals surface area contributed by atoms with Crippen molar-refractivity contribution in [2.45, 2.75) is 12.3 Å². The van der Waals surface area contributed by atoms with E-state index in [1.54, 1.807) is 6.07 Å². The minimum Gasteiger partial charge on any atom is -0.294 e. The van der Waals surface area contributed by atoms with Gasteiger partial charge in [0, 0.05) is 3.57 Å². The van der Waals surface area contributed by atoms with Crippen LogP contribution in [0.2, 0.25) is 0 Å². The fourth-order valence-corrected chi connectivity index (χ4v) is 3.14. The molecule has 1 unspecified atom stereocenters. The van der Waals surface area contributed by atoms with E-state index >= 15 is 0 Å². The zero-order valence-corrected chi connectivity index (χ0v) is 14.1. The van der Waals surface area contributed by atoms with Gasteiger partial charge >= 0.3 is 0 Å². The van der Waals surface area contributed by atoms with Crippen LogP contribution in [0, 0.1) is 14.9 Å². The van der Waals surface area contributed by atoms with Crippen molar-refractivity contribution >= 4 is 45.2 Å². The fraction of sp³-hybridized carbons (Fsp3) is 0.125. The molecule has 0 saturated heterocycles. The Balaban J connectivity index is 2.44. The second-order valence-electron chi connectivity index (χ2n) is 4.66. The largest absolute Gasteiger partial charge is 0.294 e. The minimum atomic E-state index is -0.250. The van der Waals surface area contributed by atoms with Gasteiger partial charge in [-0.15, -0.1) is 11.6 Å². The molecule has 2 aromatic carbocycles. The number of halogens is 2. The van der Waals surface area contributed by atoms with E-state index in [-0.39, 0.29) is 5.38 Å². The summed E-state index contributed by atoms with van der Waals surface area (Å²) in [6.45, 7) is 1.89. The summed E-state index contributed by atoms with van der Waals surface area (Å²) in [5, 5.41) is 9.02. The first-order valence-corrected chi connectivity index (χ1v) is 7.95. The maximum Gasteiger partial charge on any atom is 0.132 e. The van der Waals surface area contributed by atoms with Gasteiger partial charge in [0.1, 0.15) is 17.4 Å². The molecule has 0 bridgehead atoms. The van der Waals surface area contributed by atoms with E-state index in [2.05, 4.69) is 33.6 Å². The predicted molar refractivity (Wildman–Crippen MR) is 92.8 cm³/mol. The van der Waals surface area contributed by atoms with Crippen molar-refractivity contribution < 1.29 is 0 Å². The highest BCUT2D eigenvalue weighted by atomic mass is 127. The molecule has 5 heteroatoms. The van der Waals surface area contributed by atoms with Crippen molar-refractivity contribution in [3.8, 4) is 11.8 Å². The van der Waals surface area contributed by atoms with E-state index in [0.717, 1.165) is 20.6 Å². The molecule has 1 heterocycles. The zero-order valence-electron chi connectivity index (χ0n) is 11.2. The summed E-state index contributed by atoms with van der Waals surface area (Å²) in [5.74, 6) is 0.749. The monoisotopic (exact) mass is 407 g/mol. The number of aromatic nitrogens is 2. The van der Waals surface area contributed by atoms with Gasteiger partial charge in [-0.25, -0.2) is 4.98 Å². The molecule has 0 amide bonds. The molecule has 0 aliphatic rings. The Morgan fingerprint density at radius 1 is 1.24 bits per heavy atom. The van der Waals surface area contributed by atoms with Crippen molar-refractivity contribution in [1.82, 2.24) is 9.55 Å². The van der Waals surface area contributed by atoms with Gasteiger partial charge in [0.05, 0.1) is 22.1 Å². The standard InChI is InChI=1S/C16H11ClIN3/c1-10(17)16-20-15-11(9-19)5-4-8-14(15)21(16)13-7-3-2-6-12(13)18/h2-8,10H,1H3. The third-order valence-corrected chi connectivity index (χ3v) is 4.39. The molecule has 21 heavy (non-hydrogen) atoms. The van der Waals surface area contributed by atoms with Crippen LogP contribution in [0.1, 0.15) is 23.7 Å². The summed E-state index contributed by atoms with van der Waals surface area (Å²) in [6.07, 6.45) is 0. The molecule has 3 aromatic rings. The summed E-state index contributed by atoms with van der Waals surface area (Å²) in [5.41, 5.74) is 3.19. The molecule has 0 fully saturated rings. The smallest absolute Gasteiger partial charge is 0.132 e. The molecule has 104 valence electrons. The molecule has 0 spiro atoms. The lowest BCUT2D eigenvalue weighted by atomic mass is 10.2. The third kappa shape index (κ3) is 2.41. The van der Waals surface area contributed by atoms with Gasteiger partial charge in [-0.05, 0) is 53.8 Å². The highest BCUT2D eigenvalue weighted by molar-refractivity contribution is 14.1. The molecule has 0 saturated carbocycles. The molecule has 1 atom stereocenters. The second-order valence-corrected chi connectivity index (χ2v) is 6.47. The van der Waals surface area contributed by atoms with Gasteiger partial charge in [0.2, 0.25) is 0 Å². The number of hydrogen-bond acceptors (Lipinski definition) is 2. The molecule has 1 aromatic heterocycles. The SMILES string of the molecule is CC(Cl)c1nc2c(C#N)cccc2n1-c1ccccc1I. The Hall–Kier alpha value is -1.58.